The highest BCUT2D eigenvalue weighted by atomic mass is 16.7. The lowest BCUT2D eigenvalue weighted by atomic mass is 10.1. The van der Waals surface area contributed by atoms with E-state index in [4.69, 9.17) is 9.47 Å². The van der Waals surface area contributed by atoms with Crippen LogP contribution in [0, 0.1) is 6.92 Å². The zero-order valence-corrected chi connectivity index (χ0v) is 12.1. The highest BCUT2D eigenvalue weighted by Crippen LogP contribution is 2.32. The number of hydrogen-bond donors (Lipinski definition) is 0. The van der Waals surface area contributed by atoms with Gasteiger partial charge < -0.3 is 14.4 Å². The molecule has 0 bridgehead atoms. The summed E-state index contributed by atoms with van der Waals surface area (Å²) in [4.78, 5) is 14.4. The highest BCUT2D eigenvalue weighted by molar-refractivity contribution is 5.99. The Balaban J connectivity index is 1.76. The fraction of sp³-hybridized carbons (Fsp3) is 0.235. The Morgan fingerprint density at radius 1 is 1.14 bits per heavy atom. The molecule has 0 aromatic heterocycles. The van der Waals surface area contributed by atoms with Crippen LogP contribution in [0.3, 0.4) is 0 Å². The lowest BCUT2D eigenvalue weighted by molar-refractivity contribution is 0.1000. The normalized spacial score (nSPS) is 12.3. The number of anilines is 1. The largest absolute Gasteiger partial charge is 0.454 e. The van der Waals surface area contributed by atoms with Crippen molar-refractivity contribution < 1.29 is 14.3 Å². The van der Waals surface area contributed by atoms with E-state index in [1.807, 2.05) is 43.1 Å². The topological polar surface area (TPSA) is 38.8 Å². The minimum Gasteiger partial charge on any atom is -0.454 e. The maximum atomic E-state index is 12.4. The summed E-state index contributed by atoms with van der Waals surface area (Å²) in [5, 5.41) is 0. The van der Waals surface area contributed by atoms with Gasteiger partial charge in [-0.3, -0.25) is 4.79 Å². The number of Topliss-reactive ketones (excluding diaryl/α,β-unsaturated/α-hetero) is 1. The summed E-state index contributed by atoms with van der Waals surface area (Å²) in [5.41, 5.74) is 2.85. The molecule has 0 spiro atoms. The molecule has 0 fully saturated rings. The Morgan fingerprint density at radius 2 is 1.90 bits per heavy atom. The van der Waals surface area contributed by atoms with E-state index in [1.54, 1.807) is 18.2 Å². The fourth-order valence-electron chi connectivity index (χ4n) is 2.45. The van der Waals surface area contributed by atoms with Gasteiger partial charge in [-0.25, -0.2) is 0 Å². The summed E-state index contributed by atoms with van der Waals surface area (Å²) in [6, 6.07) is 13.3. The number of carbonyl (C=O) groups excluding carboxylic acids is 1. The molecule has 21 heavy (non-hydrogen) atoms. The van der Waals surface area contributed by atoms with Crippen LogP contribution in [0.5, 0.6) is 11.5 Å². The second kappa shape index (κ2) is 5.48. The van der Waals surface area contributed by atoms with Crippen LogP contribution in [-0.2, 0) is 0 Å². The summed E-state index contributed by atoms with van der Waals surface area (Å²) >= 11 is 0. The van der Waals surface area contributed by atoms with Crippen molar-refractivity contribution in [2.75, 3.05) is 25.3 Å². The van der Waals surface area contributed by atoms with E-state index < -0.39 is 0 Å². The second-order valence-electron chi connectivity index (χ2n) is 5.13. The molecule has 1 heterocycles. The van der Waals surface area contributed by atoms with Crippen molar-refractivity contribution in [2.45, 2.75) is 6.92 Å². The minimum absolute atomic E-state index is 0.0547. The summed E-state index contributed by atoms with van der Waals surface area (Å²) < 4.78 is 10.6. The predicted octanol–water partition coefficient (Wildman–Crippen LogP) is 3.04. The Morgan fingerprint density at radius 3 is 2.71 bits per heavy atom. The molecular weight excluding hydrogens is 266 g/mol. The van der Waals surface area contributed by atoms with E-state index in [9.17, 15) is 4.79 Å². The van der Waals surface area contributed by atoms with Gasteiger partial charge in [0.2, 0.25) is 6.79 Å². The van der Waals surface area contributed by atoms with Crippen LogP contribution >= 0.6 is 0 Å². The minimum atomic E-state index is 0.0547. The van der Waals surface area contributed by atoms with Gasteiger partial charge in [0.05, 0.1) is 6.54 Å². The molecule has 4 heteroatoms. The van der Waals surface area contributed by atoms with Crippen molar-refractivity contribution in [3.63, 3.8) is 0 Å². The number of carbonyl (C=O) groups is 1. The van der Waals surface area contributed by atoms with Crippen LogP contribution in [0.15, 0.2) is 42.5 Å². The van der Waals surface area contributed by atoms with Gasteiger partial charge >= 0.3 is 0 Å². The zero-order chi connectivity index (χ0) is 14.8. The van der Waals surface area contributed by atoms with Crippen LogP contribution in [-0.4, -0.2) is 26.2 Å². The van der Waals surface area contributed by atoms with Crippen molar-refractivity contribution in [3.8, 4) is 11.5 Å². The molecular formula is C17H17NO3. The number of fused-ring (bicyclic) bond motifs is 1. The van der Waals surface area contributed by atoms with Crippen LogP contribution in [0.1, 0.15) is 15.9 Å². The number of hydrogen-bond acceptors (Lipinski definition) is 4. The van der Waals surface area contributed by atoms with Gasteiger partial charge in [-0.1, -0.05) is 18.2 Å². The van der Waals surface area contributed by atoms with E-state index in [2.05, 4.69) is 0 Å². The van der Waals surface area contributed by atoms with E-state index in [-0.39, 0.29) is 12.6 Å². The zero-order valence-electron chi connectivity index (χ0n) is 12.1. The summed E-state index contributed by atoms with van der Waals surface area (Å²) in [5.74, 6) is 1.39. The number of para-hydroxylation sites is 1. The van der Waals surface area contributed by atoms with E-state index in [0.717, 1.165) is 11.3 Å². The summed E-state index contributed by atoms with van der Waals surface area (Å²) in [7, 11) is 1.92. The van der Waals surface area contributed by atoms with Crippen molar-refractivity contribution in [3.05, 3.63) is 53.6 Å². The maximum absolute atomic E-state index is 12.4. The Bertz CT molecular complexity index is 681. The third-order valence-corrected chi connectivity index (χ3v) is 3.60. The molecule has 2 aromatic rings. The maximum Gasteiger partial charge on any atom is 0.231 e. The molecule has 0 saturated heterocycles. The van der Waals surface area contributed by atoms with Gasteiger partial charge in [-0.2, -0.15) is 0 Å². The quantitative estimate of drug-likeness (QED) is 0.808. The standard InChI is InChI=1S/C17H17NO3/c1-12-5-3-4-6-14(12)18(2)10-15(19)13-7-8-16-17(9-13)21-11-20-16/h3-9H,10-11H2,1-2H3. The smallest absolute Gasteiger partial charge is 0.231 e. The van der Waals surface area contributed by atoms with Gasteiger partial charge in [0.1, 0.15) is 0 Å². The summed E-state index contributed by atoms with van der Waals surface area (Å²) in [6.07, 6.45) is 0. The van der Waals surface area contributed by atoms with E-state index in [0.29, 0.717) is 23.6 Å². The SMILES string of the molecule is Cc1ccccc1N(C)CC(=O)c1ccc2c(c1)OCO2. The molecule has 1 aliphatic rings. The Labute approximate surface area is 123 Å². The fourth-order valence-corrected chi connectivity index (χ4v) is 2.45. The lowest BCUT2D eigenvalue weighted by Gasteiger charge is -2.20. The monoisotopic (exact) mass is 283 g/mol. The van der Waals surface area contributed by atoms with E-state index >= 15 is 0 Å². The highest BCUT2D eigenvalue weighted by Gasteiger charge is 2.17. The molecule has 2 aromatic carbocycles. The second-order valence-corrected chi connectivity index (χ2v) is 5.13. The Kier molecular flexibility index (Phi) is 3.52. The molecule has 0 unspecified atom stereocenters. The number of ether oxygens (including phenoxy) is 2. The predicted molar refractivity (Wildman–Crippen MR) is 81.3 cm³/mol. The van der Waals surface area contributed by atoms with Crippen LogP contribution in [0.25, 0.3) is 0 Å². The van der Waals surface area contributed by atoms with Crippen molar-refractivity contribution in [1.82, 2.24) is 0 Å². The van der Waals surface area contributed by atoms with Gasteiger partial charge in [0, 0.05) is 18.3 Å². The van der Waals surface area contributed by atoms with Gasteiger partial charge in [0.25, 0.3) is 0 Å². The first kappa shape index (κ1) is 13.5. The molecule has 0 saturated carbocycles. The van der Waals surface area contributed by atoms with Gasteiger partial charge in [-0.05, 0) is 36.8 Å². The summed E-state index contributed by atoms with van der Waals surface area (Å²) in [6.45, 7) is 2.58. The lowest BCUT2D eigenvalue weighted by Crippen LogP contribution is -2.26. The molecule has 0 radical (unpaired) electrons. The first-order valence-corrected chi connectivity index (χ1v) is 6.85. The molecule has 108 valence electrons. The van der Waals surface area contributed by atoms with Crippen LogP contribution < -0.4 is 14.4 Å². The third-order valence-electron chi connectivity index (χ3n) is 3.60. The first-order chi connectivity index (χ1) is 10.1. The van der Waals surface area contributed by atoms with Crippen LogP contribution in [0.2, 0.25) is 0 Å². The number of ketones is 1. The van der Waals surface area contributed by atoms with E-state index in [1.165, 1.54) is 0 Å². The molecule has 3 rings (SSSR count). The molecule has 0 aliphatic carbocycles. The average molecular weight is 283 g/mol. The van der Waals surface area contributed by atoms with Crippen molar-refractivity contribution in [2.24, 2.45) is 0 Å². The number of benzene rings is 2. The molecule has 1 aliphatic heterocycles. The average Bonchev–Trinajstić information content (AvgIpc) is 2.94. The molecule has 4 nitrogen and oxygen atoms in total. The van der Waals surface area contributed by atoms with Gasteiger partial charge in [0.15, 0.2) is 17.3 Å². The first-order valence-electron chi connectivity index (χ1n) is 6.85. The van der Waals surface area contributed by atoms with Crippen molar-refractivity contribution in [1.29, 1.82) is 0 Å². The molecule has 0 atom stereocenters. The molecule has 0 N–H and O–H groups in total. The third kappa shape index (κ3) is 2.70. The number of aryl methyl sites for hydroxylation is 1. The molecule has 0 amide bonds. The number of rotatable bonds is 4. The van der Waals surface area contributed by atoms with Crippen molar-refractivity contribution >= 4 is 11.5 Å². The van der Waals surface area contributed by atoms with Gasteiger partial charge in [-0.15, -0.1) is 0 Å². The van der Waals surface area contributed by atoms with Crippen LogP contribution in [0.4, 0.5) is 5.69 Å². The Hall–Kier alpha value is -2.49. The number of likely N-dealkylation sites (N-methyl/N-ethyl adjacent to an activating group) is 1. The number of nitrogens with zero attached hydrogens (tertiary/aromatic N) is 1.